The molecule has 1 aromatic rings. The van der Waals surface area contributed by atoms with Gasteiger partial charge in [-0.25, -0.2) is 0 Å². The van der Waals surface area contributed by atoms with E-state index in [-0.39, 0.29) is 5.41 Å². The van der Waals surface area contributed by atoms with E-state index in [1.165, 1.54) is 0 Å². The summed E-state index contributed by atoms with van der Waals surface area (Å²) in [5.74, 6) is 0. The molecular formula is C10H15IN2O. The predicted molar refractivity (Wildman–Crippen MR) is 66.0 cm³/mol. The number of hydrogen-bond acceptors (Lipinski definition) is 3. The third-order valence-corrected chi connectivity index (χ3v) is 2.82. The summed E-state index contributed by atoms with van der Waals surface area (Å²) in [5.41, 5.74) is 0.689. The Bertz CT molecular complexity index is 309. The molecule has 0 fully saturated rings. The molecule has 0 aliphatic rings. The minimum absolute atomic E-state index is 0.182. The van der Waals surface area contributed by atoms with Crippen molar-refractivity contribution in [2.75, 3.05) is 5.32 Å². The molecule has 1 heterocycles. The number of hydrogen-bond donors (Lipinski definition) is 2. The van der Waals surface area contributed by atoms with Gasteiger partial charge in [0.25, 0.3) is 0 Å². The Balaban J connectivity index is 2.75. The molecule has 4 heteroatoms. The topological polar surface area (TPSA) is 45.1 Å². The average Bonchev–Trinajstić information content (AvgIpc) is 2.07. The standard InChI is InChI=1S/C10H15IN2O/c1-10(2,3)9(14)13-8-6-12-5-4-7(8)11/h4-6,9,13-14H,1-3H3. The molecule has 1 atom stereocenters. The molecule has 3 nitrogen and oxygen atoms in total. The van der Waals surface area contributed by atoms with E-state index in [0.29, 0.717) is 0 Å². The summed E-state index contributed by atoms with van der Waals surface area (Å²) in [6.45, 7) is 5.94. The molecule has 78 valence electrons. The average molecular weight is 306 g/mol. The first-order valence-electron chi connectivity index (χ1n) is 4.45. The summed E-state index contributed by atoms with van der Waals surface area (Å²) in [6, 6.07) is 1.90. The summed E-state index contributed by atoms with van der Waals surface area (Å²) >= 11 is 2.21. The van der Waals surface area contributed by atoms with Gasteiger partial charge < -0.3 is 10.4 Å². The third-order valence-electron chi connectivity index (χ3n) is 1.88. The van der Waals surface area contributed by atoms with E-state index in [2.05, 4.69) is 32.9 Å². The molecule has 0 aliphatic carbocycles. The number of aliphatic hydroxyl groups is 1. The van der Waals surface area contributed by atoms with Crippen molar-refractivity contribution in [1.82, 2.24) is 4.98 Å². The van der Waals surface area contributed by atoms with Crippen molar-refractivity contribution in [3.05, 3.63) is 22.0 Å². The van der Waals surface area contributed by atoms with Crippen molar-refractivity contribution in [3.8, 4) is 0 Å². The van der Waals surface area contributed by atoms with E-state index >= 15 is 0 Å². The van der Waals surface area contributed by atoms with E-state index in [1.54, 1.807) is 12.4 Å². The summed E-state index contributed by atoms with van der Waals surface area (Å²) in [5, 5.41) is 12.9. The fourth-order valence-corrected chi connectivity index (χ4v) is 1.30. The predicted octanol–water partition coefficient (Wildman–Crippen LogP) is 2.46. The molecule has 14 heavy (non-hydrogen) atoms. The fourth-order valence-electron chi connectivity index (χ4n) is 0.847. The number of halogens is 1. The van der Waals surface area contributed by atoms with Gasteiger partial charge in [-0.2, -0.15) is 0 Å². The largest absolute Gasteiger partial charge is 0.373 e. The second-order valence-corrected chi connectivity index (χ2v) is 5.43. The van der Waals surface area contributed by atoms with Gasteiger partial charge in [-0.1, -0.05) is 20.8 Å². The van der Waals surface area contributed by atoms with Gasteiger partial charge in [0, 0.05) is 15.2 Å². The number of aromatic nitrogens is 1. The summed E-state index contributed by atoms with van der Waals surface area (Å²) in [7, 11) is 0. The SMILES string of the molecule is CC(C)(C)C(O)Nc1cnccc1I. The number of pyridine rings is 1. The highest BCUT2D eigenvalue weighted by Crippen LogP contribution is 2.23. The van der Waals surface area contributed by atoms with Crippen molar-refractivity contribution in [1.29, 1.82) is 0 Å². The molecule has 1 rings (SSSR count). The van der Waals surface area contributed by atoms with Gasteiger partial charge in [-0.3, -0.25) is 4.98 Å². The number of rotatable bonds is 2. The van der Waals surface area contributed by atoms with E-state index < -0.39 is 6.23 Å². The molecular weight excluding hydrogens is 291 g/mol. The van der Waals surface area contributed by atoms with Crippen LogP contribution in [-0.2, 0) is 0 Å². The molecule has 0 aliphatic heterocycles. The lowest BCUT2D eigenvalue weighted by Crippen LogP contribution is -2.33. The van der Waals surface area contributed by atoms with Crippen LogP contribution in [0.3, 0.4) is 0 Å². The quantitative estimate of drug-likeness (QED) is 0.652. The van der Waals surface area contributed by atoms with Crippen LogP contribution in [0.1, 0.15) is 20.8 Å². The van der Waals surface area contributed by atoms with Crippen molar-refractivity contribution >= 4 is 28.3 Å². The highest BCUT2D eigenvalue weighted by molar-refractivity contribution is 14.1. The molecule has 0 radical (unpaired) electrons. The maximum Gasteiger partial charge on any atom is 0.129 e. The Hall–Kier alpha value is -0.360. The minimum Gasteiger partial charge on any atom is -0.373 e. The lowest BCUT2D eigenvalue weighted by molar-refractivity contribution is 0.0879. The highest BCUT2D eigenvalue weighted by Gasteiger charge is 2.22. The normalized spacial score (nSPS) is 13.8. The van der Waals surface area contributed by atoms with Crippen molar-refractivity contribution in [2.24, 2.45) is 5.41 Å². The fraction of sp³-hybridized carbons (Fsp3) is 0.500. The molecule has 0 saturated heterocycles. The number of nitrogens with one attached hydrogen (secondary N) is 1. The molecule has 1 unspecified atom stereocenters. The van der Waals surface area contributed by atoms with Crippen LogP contribution >= 0.6 is 22.6 Å². The van der Waals surface area contributed by atoms with Gasteiger partial charge in [-0.15, -0.1) is 0 Å². The van der Waals surface area contributed by atoms with Gasteiger partial charge in [0.1, 0.15) is 6.23 Å². The minimum atomic E-state index is -0.569. The molecule has 0 spiro atoms. The highest BCUT2D eigenvalue weighted by atomic mass is 127. The van der Waals surface area contributed by atoms with Gasteiger partial charge >= 0.3 is 0 Å². The van der Waals surface area contributed by atoms with Crippen molar-refractivity contribution < 1.29 is 5.11 Å². The first-order chi connectivity index (χ1) is 6.41. The Morgan fingerprint density at radius 3 is 2.64 bits per heavy atom. The Kier molecular flexibility index (Phi) is 3.71. The number of aliphatic hydroxyl groups excluding tert-OH is 1. The second-order valence-electron chi connectivity index (χ2n) is 4.27. The smallest absolute Gasteiger partial charge is 0.129 e. The van der Waals surface area contributed by atoms with Gasteiger partial charge in [0.2, 0.25) is 0 Å². The van der Waals surface area contributed by atoms with Gasteiger partial charge in [-0.05, 0) is 28.7 Å². The molecule has 2 N–H and O–H groups in total. The van der Waals surface area contributed by atoms with Gasteiger partial charge in [0.15, 0.2) is 0 Å². The van der Waals surface area contributed by atoms with Crippen LogP contribution < -0.4 is 5.32 Å². The molecule has 0 aromatic carbocycles. The van der Waals surface area contributed by atoms with E-state index in [4.69, 9.17) is 0 Å². The molecule has 0 saturated carbocycles. The Morgan fingerprint density at radius 1 is 1.50 bits per heavy atom. The maximum atomic E-state index is 9.82. The number of anilines is 1. The Labute approximate surface area is 98.1 Å². The second kappa shape index (κ2) is 4.44. The monoisotopic (exact) mass is 306 g/mol. The van der Waals surface area contributed by atoms with Gasteiger partial charge in [0.05, 0.1) is 11.9 Å². The van der Waals surface area contributed by atoms with Crippen LogP contribution in [0.4, 0.5) is 5.69 Å². The summed E-state index contributed by atoms with van der Waals surface area (Å²) in [6.07, 6.45) is 2.88. The van der Waals surface area contributed by atoms with Crippen LogP contribution in [0, 0.1) is 8.99 Å². The van der Waals surface area contributed by atoms with Crippen LogP contribution in [0.2, 0.25) is 0 Å². The van der Waals surface area contributed by atoms with Crippen molar-refractivity contribution in [2.45, 2.75) is 27.0 Å². The zero-order valence-corrected chi connectivity index (χ0v) is 10.7. The first-order valence-corrected chi connectivity index (χ1v) is 5.53. The summed E-state index contributed by atoms with van der Waals surface area (Å²) in [4.78, 5) is 4.00. The van der Waals surface area contributed by atoms with Crippen LogP contribution in [0.5, 0.6) is 0 Å². The molecule has 0 amide bonds. The van der Waals surface area contributed by atoms with Crippen LogP contribution in [0.25, 0.3) is 0 Å². The third kappa shape index (κ3) is 3.09. The molecule has 1 aromatic heterocycles. The van der Waals surface area contributed by atoms with Crippen molar-refractivity contribution in [3.63, 3.8) is 0 Å². The lowest BCUT2D eigenvalue weighted by Gasteiger charge is -2.27. The maximum absolute atomic E-state index is 9.82. The zero-order valence-electron chi connectivity index (χ0n) is 8.58. The van der Waals surface area contributed by atoms with Crippen LogP contribution in [-0.4, -0.2) is 16.3 Å². The van der Waals surface area contributed by atoms with Crippen LogP contribution in [0.15, 0.2) is 18.5 Å². The Morgan fingerprint density at radius 2 is 2.14 bits per heavy atom. The molecule has 0 bridgehead atoms. The van der Waals surface area contributed by atoms with E-state index in [1.807, 2.05) is 26.8 Å². The van der Waals surface area contributed by atoms with E-state index in [0.717, 1.165) is 9.26 Å². The summed E-state index contributed by atoms with van der Waals surface area (Å²) < 4.78 is 1.06. The number of nitrogens with zero attached hydrogens (tertiary/aromatic N) is 1. The lowest BCUT2D eigenvalue weighted by atomic mass is 9.94. The van der Waals surface area contributed by atoms with E-state index in [9.17, 15) is 5.11 Å². The zero-order chi connectivity index (χ0) is 10.8. The first kappa shape index (κ1) is 11.7.